The van der Waals surface area contributed by atoms with Crippen molar-refractivity contribution in [2.45, 2.75) is 32.2 Å². The summed E-state index contributed by atoms with van der Waals surface area (Å²) in [5.74, 6) is -0.178. The Morgan fingerprint density at radius 1 is 1.08 bits per heavy atom. The molecular weight excluding hydrogens is 350 g/mol. The van der Waals surface area contributed by atoms with Crippen LogP contribution in [0, 0.1) is 0 Å². The highest BCUT2D eigenvalue weighted by Gasteiger charge is 2.13. The highest BCUT2D eigenvalue weighted by atomic mass is 35.5. The summed E-state index contributed by atoms with van der Waals surface area (Å²) in [6.07, 6.45) is 1.82. The van der Waals surface area contributed by atoms with E-state index < -0.39 is 6.04 Å². The summed E-state index contributed by atoms with van der Waals surface area (Å²) < 4.78 is 0. The third-order valence-electron chi connectivity index (χ3n) is 4.03. The molecule has 2 rings (SSSR count). The summed E-state index contributed by atoms with van der Waals surface area (Å²) in [6, 6.07) is 16.3. The molecule has 0 bridgehead atoms. The maximum absolute atomic E-state index is 12.4. The normalized spacial score (nSPS) is 11.2. The quantitative estimate of drug-likeness (QED) is 0.778. The monoisotopic (exact) mass is 375 g/mol. The maximum atomic E-state index is 12.4. The first kappa shape index (κ1) is 21.7. The lowest BCUT2D eigenvalue weighted by molar-refractivity contribution is -0.118. The van der Waals surface area contributed by atoms with Gasteiger partial charge in [-0.2, -0.15) is 0 Å². The van der Waals surface area contributed by atoms with Crippen molar-refractivity contribution in [3.63, 3.8) is 0 Å². The molecule has 2 amide bonds. The van der Waals surface area contributed by atoms with E-state index in [0.717, 1.165) is 17.7 Å². The summed E-state index contributed by atoms with van der Waals surface area (Å²) in [5, 5.41) is 2.80. The average molecular weight is 376 g/mol. The molecule has 0 aliphatic carbocycles. The van der Waals surface area contributed by atoms with Crippen LogP contribution in [0.2, 0.25) is 0 Å². The fourth-order valence-corrected chi connectivity index (χ4v) is 2.47. The second kappa shape index (κ2) is 10.6. The molecule has 0 aliphatic heterocycles. The zero-order valence-corrected chi connectivity index (χ0v) is 16.0. The average Bonchev–Trinajstić information content (AvgIpc) is 2.63. The van der Waals surface area contributed by atoms with Crippen molar-refractivity contribution < 1.29 is 9.59 Å². The predicted molar refractivity (Wildman–Crippen MR) is 109 cm³/mol. The Hall–Kier alpha value is -2.37. The van der Waals surface area contributed by atoms with Gasteiger partial charge in [-0.05, 0) is 36.2 Å². The smallest absolute Gasteiger partial charge is 0.241 e. The molecule has 0 saturated carbocycles. The first-order valence-electron chi connectivity index (χ1n) is 8.48. The van der Waals surface area contributed by atoms with Crippen LogP contribution in [0.15, 0.2) is 54.6 Å². The van der Waals surface area contributed by atoms with E-state index in [9.17, 15) is 9.59 Å². The van der Waals surface area contributed by atoms with Crippen LogP contribution in [0.3, 0.4) is 0 Å². The van der Waals surface area contributed by atoms with Gasteiger partial charge < -0.3 is 16.0 Å². The number of rotatable bonds is 7. The first-order valence-corrected chi connectivity index (χ1v) is 8.48. The highest BCUT2D eigenvalue weighted by molar-refractivity contribution is 5.95. The van der Waals surface area contributed by atoms with Gasteiger partial charge in [0.15, 0.2) is 0 Å². The molecule has 26 heavy (non-hydrogen) atoms. The van der Waals surface area contributed by atoms with Crippen molar-refractivity contribution in [2.24, 2.45) is 5.73 Å². The van der Waals surface area contributed by atoms with Gasteiger partial charge in [-0.25, -0.2) is 0 Å². The molecule has 0 fully saturated rings. The van der Waals surface area contributed by atoms with Crippen LogP contribution in [0.5, 0.6) is 0 Å². The van der Waals surface area contributed by atoms with Gasteiger partial charge in [0, 0.05) is 18.4 Å². The molecule has 5 nitrogen and oxygen atoms in total. The number of carbonyl (C=O) groups is 2. The number of nitrogens with two attached hydrogens (primary N) is 1. The third-order valence-corrected chi connectivity index (χ3v) is 4.03. The summed E-state index contributed by atoms with van der Waals surface area (Å²) in [7, 11) is 1.77. The number of para-hydroxylation sites is 1. The molecule has 2 aromatic rings. The molecule has 1 unspecified atom stereocenters. The lowest BCUT2D eigenvalue weighted by Gasteiger charge is -2.17. The summed E-state index contributed by atoms with van der Waals surface area (Å²) in [6.45, 7) is 1.99. The highest BCUT2D eigenvalue weighted by Crippen LogP contribution is 2.15. The Morgan fingerprint density at radius 2 is 1.69 bits per heavy atom. The van der Waals surface area contributed by atoms with E-state index in [0.29, 0.717) is 18.5 Å². The number of carbonyl (C=O) groups excluding carboxylic acids is 2. The lowest BCUT2D eigenvalue weighted by atomic mass is 10.1. The first-order chi connectivity index (χ1) is 12.0. The fourth-order valence-electron chi connectivity index (χ4n) is 2.47. The lowest BCUT2D eigenvalue weighted by Crippen LogP contribution is -2.35. The van der Waals surface area contributed by atoms with Crippen molar-refractivity contribution in [3.05, 3.63) is 60.2 Å². The van der Waals surface area contributed by atoms with Crippen LogP contribution in [0.25, 0.3) is 0 Å². The SMILES string of the molecule is CCCC(N)C(=O)Nc1ccc(CC(=O)N(C)c2ccccc2)cc1.Cl. The fraction of sp³-hybridized carbons (Fsp3) is 0.300. The van der Waals surface area contributed by atoms with Crippen LogP contribution in [0.4, 0.5) is 11.4 Å². The minimum absolute atomic E-state index is 0. The molecule has 0 spiro atoms. The van der Waals surface area contributed by atoms with Crippen molar-refractivity contribution in [1.82, 2.24) is 0 Å². The number of nitrogens with one attached hydrogen (secondary N) is 1. The second-order valence-corrected chi connectivity index (χ2v) is 6.05. The largest absolute Gasteiger partial charge is 0.325 e. The van der Waals surface area contributed by atoms with Gasteiger partial charge in [-0.3, -0.25) is 9.59 Å². The van der Waals surface area contributed by atoms with Crippen LogP contribution in [-0.4, -0.2) is 24.9 Å². The van der Waals surface area contributed by atoms with Gasteiger partial charge in [0.25, 0.3) is 0 Å². The molecular formula is C20H26ClN3O2. The predicted octanol–water partition coefficient (Wildman–Crippen LogP) is 3.38. The maximum Gasteiger partial charge on any atom is 0.241 e. The molecule has 0 heterocycles. The van der Waals surface area contributed by atoms with Gasteiger partial charge in [0.2, 0.25) is 11.8 Å². The number of likely N-dealkylation sites (N-methyl/N-ethyl adjacent to an activating group) is 1. The van der Waals surface area contributed by atoms with Gasteiger partial charge in [0.05, 0.1) is 12.5 Å². The molecule has 0 radical (unpaired) electrons. The molecule has 140 valence electrons. The number of anilines is 2. The van der Waals surface area contributed by atoms with Crippen molar-refractivity contribution in [2.75, 3.05) is 17.3 Å². The zero-order valence-electron chi connectivity index (χ0n) is 15.1. The van der Waals surface area contributed by atoms with Crippen LogP contribution in [0.1, 0.15) is 25.3 Å². The van der Waals surface area contributed by atoms with Crippen molar-refractivity contribution >= 4 is 35.6 Å². The Labute approximate surface area is 161 Å². The van der Waals surface area contributed by atoms with Crippen LogP contribution >= 0.6 is 12.4 Å². The van der Waals surface area contributed by atoms with Crippen molar-refractivity contribution in [1.29, 1.82) is 0 Å². The topological polar surface area (TPSA) is 75.4 Å². The molecule has 6 heteroatoms. The second-order valence-electron chi connectivity index (χ2n) is 6.05. The van der Waals surface area contributed by atoms with E-state index in [1.165, 1.54) is 0 Å². The number of nitrogens with zero attached hydrogens (tertiary/aromatic N) is 1. The van der Waals surface area contributed by atoms with E-state index in [-0.39, 0.29) is 24.2 Å². The Balaban J connectivity index is 0.00000338. The molecule has 2 aromatic carbocycles. The minimum atomic E-state index is -0.495. The summed E-state index contributed by atoms with van der Waals surface area (Å²) in [5.41, 5.74) is 8.24. The molecule has 0 saturated heterocycles. The van der Waals surface area contributed by atoms with Gasteiger partial charge in [-0.1, -0.05) is 43.7 Å². The molecule has 0 aliphatic rings. The third kappa shape index (κ3) is 6.17. The van der Waals surface area contributed by atoms with E-state index in [4.69, 9.17) is 5.73 Å². The van der Waals surface area contributed by atoms with Crippen LogP contribution < -0.4 is 16.0 Å². The van der Waals surface area contributed by atoms with E-state index in [1.807, 2.05) is 49.4 Å². The van der Waals surface area contributed by atoms with Gasteiger partial charge >= 0.3 is 0 Å². The number of amides is 2. The Kier molecular flexibility index (Phi) is 8.82. The number of hydrogen-bond donors (Lipinski definition) is 2. The van der Waals surface area contributed by atoms with Crippen molar-refractivity contribution in [3.8, 4) is 0 Å². The van der Waals surface area contributed by atoms with Crippen LogP contribution in [-0.2, 0) is 16.0 Å². The number of benzene rings is 2. The summed E-state index contributed by atoms with van der Waals surface area (Å²) in [4.78, 5) is 25.9. The minimum Gasteiger partial charge on any atom is -0.325 e. The molecule has 1 atom stereocenters. The zero-order chi connectivity index (χ0) is 18.2. The molecule has 0 aromatic heterocycles. The van der Waals surface area contributed by atoms with E-state index in [2.05, 4.69) is 5.32 Å². The van der Waals surface area contributed by atoms with Gasteiger partial charge in [-0.15, -0.1) is 12.4 Å². The molecule has 3 N–H and O–H groups in total. The Morgan fingerprint density at radius 3 is 2.27 bits per heavy atom. The Bertz CT molecular complexity index is 705. The van der Waals surface area contributed by atoms with E-state index in [1.54, 1.807) is 24.1 Å². The number of halogens is 1. The number of hydrogen-bond acceptors (Lipinski definition) is 3. The summed E-state index contributed by atoms with van der Waals surface area (Å²) >= 11 is 0. The van der Waals surface area contributed by atoms with E-state index >= 15 is 0 Å². The van der Waals surface area contributed by atoms with Gasteiger partial charge in [0.1, 0.15) is 0 Å². The standard InChI is InChI=1S/C20H25N3O2.ClH/c1-3-7-18(21)20(25)22-16-12-10-15(11-13-16)14-19(24)23(2)17-8-5-4-6-9-17;/h4-6,8-13,18H,3,7,14,21H2,1-2H3,(H,22,25);1H.